The summed E-state index contributed by atoms with van der Waals surface area (Å²) >= 11 is 0. The molecule has 0 aliphatic heterocycles. The van der Waals surface area contributed by atoms with Crippen molar-refractivity contribution in [3.8, 4) is 0 Å². The van der Waals surface area contributed by atoms with E-state index in [1.165, 1.54) is 16.7 Å². The lowest BCUT2D eigenvalue weighted by molar-refractivity contribution is -0.119. The van der Waals surface area contributed by atoms with Crippen LogP contribution in [0, 0.1) is 0 Å². The standard InChI is InChI=1S/C16H23NO/c1-5-14-9-7-8-10-16(14)15(6-2)11-12(3)17-13(4)18/h6-10,12H,5,11H2,1-4H3,(H,17,18)/b15-6-. The van der Waals surface area contributed by atoms with Crippen LogP contribution in [-0.4, -0.2) is 11.9 Å². The number of aryl methyl sites for hydroxylation is 1. The van der Waals surface area contributed by atoms with Gasteiger partial charge in [-0.3, -0.25) is 4.79 Å². The summed E-state index contributed by atoms with van der Waals surface area (Å²) in [6.07, 6.45) is 4.04. The van der Waals surface area contributed by atoms with Crippen molar-refractivity contribution in [1.82, 2.24) is 5.32 Å². The van der Waals surface area contributed by atoms with E-state index in [1.807, 2.05) is 6.92 Å². The van der Waals surface area contributed by atoms with Gasteiger partial charge in [0.2, 0.25) is 5.91 Å². The minimum absolute atomic E-state index is 0.0294. The van der Waals surface area contributed by atoms with Gasteiger partial charge in [0.1, 0.15) is 0 Å². The van der Waals surface area contributed by atoms with Crippen molar-refractivity contribution >= 4 is 11.5 Å². The van der Waals surface area contributed by atoms with Gasteiger partial charge >= 0.3 is 0 Å². The summed E-state index contributed by atoms with van der Waals surface area (Å²) in [7, 11) is 0. The first-order chi connectivity index (χ1) is 8.58. The van der Waals surface area contributed by atoms with Crippen LogP contribution in [0.5, 0.6) is 0 Å². The predicted octanol–water partition coefficient (Wildman–Crippen LogP) is 3.57. The molecule has 1 rings (SSSR count). The number of carbonyl (C=O) groups is 1. The van der Waals surface area contributed by atoms with E-state index in [0.717, 1.165) is 12.8 Å². The summed E-state index contributed by atoms with van der Waals surface area (Å²) in [4.78, 5) is 11.1. The van der Waals surface area contributed by atoms with Gasteiger partial charge in [0.05, 0.1) is 0 Å². The zero-order chi connectivity index (χ0) is 13.5. The number of benzene rings is 1. The second-order valence-electron chi connectivity index (χ2n) is 4.63. The van der Waals surface area contributed by atoms with Gasteiger partial charge in [0.15, 0.2) is 0 Å². The van der Waals surface area contributed by atoms with Gasteiger partial charge in [-0.25, -0.2) is 0 Å². The van der Waals surface area contributed by atoms with Crippen LogP contribution < -0.4 is 5.32 Å². The molecule has 0 spiro atoms. The molecule has 2 nitrogen and oxygen atoms in total. The van der Waals surface area contributed by atoms with Crippen LogP contribution in [0.25, 0.3) is 5.57 Å². The quantitative estimate of drug-likeness (QED) is 0.844. The Bertz CT molecular complexity index is 434. The molecular weight excluding hydrogens is 222 g/mol. The first kappa shape index (κ1) is 14.5. The molecule has 1 atom stereocenters. The molecule has 1 N–H and O–H groups in total. The third kappa shape index (κ3) is 4.02. The Morgan fingerprint density at radius 3 is 2.61 bits per heavy atom. The molecule has 1 unspecified atom stereocenters. The maximum atomic E-state index is 11.1. The van der Waals surface area contributed by atoms with Crippen molar-refractivity contribution in [3.63, 3.8) is 0 Å². The maximum Gasteiger partial charge on any atom is 0.217 e. The highest BCUT2D eigenvalue weighted by atomic mass is 16.1. The first-order valence-electron chi connectivity index (χ1n) is 6.59. The van der Waals surface area contributed by atoms with E-state index in [0.29, 0.717) is 0 Å². The molecule has 0 aromatic heterocycles. The normalized spacial score (nSPS) is 13.2. The topological polar surface area (TPSA) is 29.1 Å². The monoisotopic (exact) mass is 245 g/mol. The van der Waals surface area contributed by atoms with Crippen LogP contribution in [0.3, 0.4) is 0 Å². The van der Waals surface area contributed by atoms with Crippen molar-refractivity contribution < 1.29 is 4.79 Å². The minimum atomic E-state index is 0.0294. The van der Waals surface area contributed by atoms with Crippen molar-refractivity contribution in [2.24, 2.45) is 0 Å². The smallest absolute Gasteiger partial charge is 0.217 e. The van der Waals surface area contributed by atoms with Gasteiger partial charge in [0, 0.05) is 13.0 Å². The Balaban J connectivity index is 2.87. The summed E-state index contributed by atoms with van der Waals surface area (Å²) in [6.45, 7) is 7.83. The minimum Gasteiger partial charge on any atom is -0.354 e. The van der Waals surface area contributed by atoms with Crippen LogP contribution in [0.2, 0.25) is 0 Å². The molecule has 0 aliphatic carbocycles. The zero-order valence-corrected chi connectivity index (χ0v) is 11.8. The number of hydrogen-bond donors (Lipinski definition) is 1. The molecule has 1 aromatic rings. The SMILES string of the molecule is C/C=C(/CC(C)NC(C)=O)c1ccccc1CC. The number of carbonyl (C=O) groups excluding carboxylic acids is 1. The summed E-state index contributed by atoms with van der Waals surface area (Å²) in [5.41, 5.74) is 3.97. The molecular formula is C16H23NO. The predicted molar refractivity (Wildman–Crippen MR) is 77.4 cm³/mol. The Morgan fingerprint density at radius 1 is 1.39 bits per heavy atom. The first-order valence-corrected chi connectivity index (χ1v) is 6.59. The van der Waals surface area contributed by atoms with Gasteiger partial charge in [0.25, 0.3) is 0 Å². The van der Waals surface area contributed by atoms with Gasteiger partial charge in [-0.1, -0.05) is 37.3 Å². The highest BCUT2D eigenvalue weighted by Crippen LogP contribution is 2.24. The van der Waals surface area contributed by atoms with Crippen molar-refractivity contribution in [1.29, 1.82) is 0 Å². The molecule has 0 fully saturated rings. The van der Waals surface area contributed by atoms with E-state index < -0.39 is 0 Å². The van der Waals surface area contributed by atoms with Crippen molar-refractivity contribution in [2.45, 2.75) is 46.6 Å². The van der Waals surface area contributed by atoms with Crippen LogP contribution >= 0.6 is 0 Å². The van der Waals surface area contributed by atoms with E-state index >= 15 is 0 Å². The third-order valence-corrected chi connectivity index (χ3v) is 3.07. The molecule has 0 saturated carbocycles. The Labute approximate surface area is 110 Å². The molecule has 0 radical (unpaired) electrons. The lowest BCUT2D eigenvalue weighted by atomic mass is 9.93. The Hall–Kier alpha value is -1.57. The molecule has 18 heavy (non-hydrogen) atoms. The maximum absolute atomic E-state index is 11.1. The molecule has 0 bridgehead atoms. The van der Waals surface area contributed by atoms with Crippen molar-refractivity contribution in [2.75, 3.05) is 0 Å². The highest BCUT2D eigenvalue weighted by Gasteiger charge is 2.10. The highest BCUT2D eigenvalue weighted by molar-refractivity contribution is 5.74. The lowest BCUT2D eigenvalue weighted by Crippen LogP contribution is -2.30. The fraction of sp³-hybridized carbons (Fsp3) is 0.438. The Morgan fingerprint density at radius 2 is 2.06 bits per heavy atom. The fourth-order valence-corrected chi connectivity index (χ4v) is 2.25. The number of rotatable bonds is 5. The summed E-state index contributed by atoms with van der Waals surface area (Å²) in [5, 5.41) is 2.94. The number of amides is 1. The van der Waals surface area contributed by atoms with Crippen LogP contribution in [-0.2, 0) is 11.2 Å². The molecule has 98 valence electrons. The van der Waals surface area contributed by atoms with E-state index in [4.69, 9.17) is 0 Å². The second kappa shape index (κ2) is 7.00. The lowest BCUT2D eigenvalue weighted by Gasteiger charge is -2.17. The third-order valence-electron chi connectivity index (χ3n) is 3.07. The molecule has 1 aromatic carbocycles. The molecule has 0 heterocycles. The van der Waals surface area contributed by atoms with Gasteiger partial charge in [-0.05, 0) is 43.4 Å². The molecule has 1 amide bonds. The summed E-state index contributed by atoms with van der Waals surface area (Å²) in [6, 6.07) is 8.64. The molecule has 0 aliphatic rings. The zero-order valence-electron chi connectivity index (χ0n) is 11.8. The van der Waals surface area contributed by atoms with Crippen LogP contribution in [0.4, 0.5) is 0 Å². The molecule has 0 saturated heterocycles. The fourth-order valence-electron chi connectivity index (χ4n) is 2.25. The summed E-state index contributed by atoms with van der Waals surface area (Å²) in [5.74, 6) is 0.0294. The van der Waals surface area contributed by atoms with E-state index in [9.17, 15) is 4.79 Å². The largest absolute Gasteiger partial charge is 0.354 e. The van der Waals surface area contributed by atoms with Crippen LogP contribution in [0.15, 0.2) is 30.3 Å². The van der Waals surface area contributed by atoms with E-state index in [-0.39, 0.29) is 11.9 Å². The van der Waals surface area contributed by atoms with Crippen LogP contribution in [0.1, 0.15) is 45.2 Å². The number of hydrogen-bond acceptors (Lipinski definition) is 1. The second-order valence-corrected chi connectivity index (χ2v) is 4.63. The summed E-state index contributed by atoms with van der Waals surface area (Å²) < 4.78 is 0. The van der Waals surface area contributed by atoms with Gasteiger partial charge in [-0.15, -0.1) is 0 Å². The number of nitrogens with one attached hydrogen (secondary N) is 1. The van der Waals surface area contributed by atoms with Gasteiger partial charge in [-0.2, -0.15) is 0 Å². The molecule has 2 heteroatoms. The van der Waals surface area contributed by atoms with Crippen molar-refractivity contribution in [3.05, 3.63) is 41.5 Å². The van der Waals surface area contributed by atoms with E-state index in [2.05, 4.69) is 49.5 Å². The average molecular weight is 245 g/mol. The Kier molecular flexibility index (Phi) is 5.63. The number of allylic oxidation sites excluding steroid dienone is 1. The average Bonchev–Trinajstić information content (AvgIpc) is 2.35. The van der Waals surface area contributed by atoms with E-state index in [1.54, 1.807) is 6.92 Å². The van der Waals surface area contributed by atoms with Gasteiger partial charge < -0.3 is 5.32 Å².